The van der Waals surface area contributed by atoms with Crippen molar-refractivity contribution in [2.75, 3.05) is 0 Å². The summed E-state index contributed by atoms with van der Waals surface area (Å²) < 4.78 is 7.35. The second-order valence-electron chi connectivity index (χ2n) is 17.2. The molecule has 64 heavy (non-hydrogen) atoms. The zero-order chi connectivity index (χ0) is 41.9. The maximum atomic E-state index is 2.48. The Kier molecular flexibility index (Phi) is 7.42. The lowest BCUT2D eigenvalue weighted by Crippen LogP contribution is -2.72. The smallest absolute Gasteiger partial charge is 0.180 e. The van der Waals surface area contributed by atoms with E-state index in [4.69, 9.17) is 0 Å². The summed E-state index contributed by atoms with van der Waals surface area (Å²) in [6, 6.07) is 88.4. The highest BCUT2D eigenvalue weighted by atomic mass is 28.3. The van der Waals surface area contributed by atoms with Gasteiger partial charge in [-0.2, -0.15) is 0 Å². The average Bonchev–Trinajstić information content (AvgIpc) is 4.08. The summed E-state index contributed by atoms with van der Waals surface area (Å²) in [6.07, 6.45) is 0. The van der Waals surface area contributed by atoms with E-state index in [1.165, 1.54) is 97.3 Å². The predicted molar refractivity (Wildman–Crippen MR) is 272 cm³/mol. The van der Waals surface area contributed by atoms with Gasteiger partial charge >= 0.3 is 0 Å². The van der Waals surface area contributed by atoms with Gasteiger partial charge in [-0.1, -0.05) is 164 Å². The summed E-state index contributed by atoms with van der Waals surface area (Å²) in [6.45, 7) is 0. The van der Waals surface area contributed by atoms with Crippen LogP contribution in [0.5, 0.6) is 0 Å². The highest BCUT2D eigenvalue weighted by Gasteiger charge is 2.48. The van der Waals surface area contributed by atoms with Gasteiger partial charge in [0.05, 0.1) is 33.1 Å². The molecule has 1 aliphatic heterocycles. The predicted octanol–water partition coefficient (Wildman–Crippen LogP) is 12.3. The summed E-state index contributed by atoms with van der Waals surface area (Å²) in [5.41, 5.74) is 13.4. The average molecular weight is 830 g/mol. The van der Waals surface area contributed by atoms with Gasteiger partial charge in [0.15, 0.2) is 8.07 Å². The Morgan fingerprint density at radius 2 is 0.562 bits per heavy atom. The Morgan fingerprint density at radius 1 is 0.234 bits per heavy atom. The number of aromatic nitrogens is 3. The molecular weight excluding hydrogens is 791 g/mol. The molecule has 0 N–H and O–H groups in total. The first-order valence-corrected chi connectivity index (χ1v) is 24.2. The van der Waals surface area contributed by atoms with Crippen molar-refractivity contribution < 1.29 is 0 Å². The van der Waals surface area contributed by atoms with Crippen LogP contribution in [0.2, 0.25) is 0 Å². The van der Waals surface area contributed by atoms with Crippen LogP contribution in [-0.2, 0) is 0 Å². The highest BCUT2D eigenvalue weighted by molar-refractivity contribution is 7.22. The van der Waals surface area contributed by atoms with Crippen LogP contribution in [-0.4, -0.2) is 21.8 Å². The quantitative estimate of drug-likeness (QED) is 0.154. The first-order chi connectivity index (χ1) is 31.8. The van der Waals surface area contributed by atoms with E-state index in [0.29, 0.717) is 0 Å². The van der Waals surface area contributed by atoms with Gasteiger partial charge in [0.25, 0.3) is 0 Å². The molecule has 3 aromatic heterocycles. The van der Waals surface area contributed by atoms with E-state index < -0.39 is 8.07 Å². The monoisotopic (exact) mass is 829 g/mol. The highest BCUT2D eigenvalue weighted by Crippen LogP contribution is 2.40. The molecule has 0 atom stereocenters. The Bertz CT molecular complexity index is 3700. The standard InChI is InChI=1S/C60H39N3Si/c1-2-16-43(17-3-1)64(59-28-14-8-22-49(59)50-23-9-15-29-60(50)64)44-34-30-40(31-35-44)61-57-36-32-41(62-53-24-10-4-18-45(53)46-19-5-11-25-54(46)62)38-51(57)52-39-42(33-37-58(52)61)63-55-26-12-6-20-47(55)48-21-7-13-27-56(48)63/h1-39H. The van der Waals surface area contributed by atoms with Gasteiger partial charge in [0, 0.05) is 49.4 Å². The number of hydrogen-bond acceptors (Lipinski definition) is 0. The minimum absolute atomic E-state index is 1.15. The molecule has 1 aliphatic rings. The fourth-order valence-corrected chi connectivity index (χ4v) is 16.7. The minimum Gasteiger partial charge on any atom is -0.309 e. The van der Waals surface area contributed by atoms with Gasteiger partial charge in [-0.05, 0) is 105 Å². The van der Waals surface area contributed by atoms with Crippen LogP contribution >= 0.6 is 0 Å². The van der Waals surface area contributed by atoms with E-state index in [9.17, 15) is 0 Å². The van der Waals surface area contributed by atoms with Gasteiger partial charge in [-0.15, -0.1) is 0 Å². The van der Waals surface area contributed by atoms with Crippen molar-refractivity contribution >= 4 is 94.2 Å². The molecule has 0 spiro atoms. The number of nitrogens with zero attached hydrogens (tertiary/aromatic N) is 3. The van der Waals surface area contributed by atoms with Crippen molar-refractivity contribution in [2.24, 2.45) is 0 Å². The molecule has 0 saturated heterocycles. The Morgan fingerprint density at radius 3 is 1.02 bits per heavy atom. The van der Waals surface area contributed by atoms with Gasteiger partial charge in [0.1, 0.15) is 0 Å². The Hall–Kier alpha value is -8.18. The lowest BCUT2D eigenvalue weighted by Gasteiger charge is -2.31. The molecule has 0 aliphatic carbocycles. The summed E-state index contributed by atoms with van der Waals surface area (Å²) in [7, 11) is -2.62. The molecule has 0 bridgehead atoms. The summed E-state index contributed by atoms with van der Waals surface area (Å²) in [4.78, 5) is 0. The van der Waals surface area contributed by atoms with Crippen LogP contribution in [0.25, 0.3) is 93.6 Å². The molecule has 0 fully saturated rings. The fourth-order valence-electron chi connectivity index (χ4n) is 11.5. The third-order valence-corrected chi connectivity index (χ3v) is 19.0. The maximum Gasteiger partial charge on any atom is 0.180 e. The Labute approximate surface area is 370 Å². The number of benzene rings is 10. The van der Waals surface area contributed by atoms with Crippen molar-refractivity contribution in [1.29, 1.82) is 0 Å². The van der Waals surface area contributed by atoms with Crippen LogP contribution in [0.3, 0.4) is 0 Å². The van der Waals surface area contributed by atoms with Crippen LogP contribution in [0.4, 0.5) is 0 Å². The lowest BCUT2D eigenvalue weighted by atomic mass is 10.1. The van der Waals surface area contributed by atoms with Gasteiger partial charge in [0.2, 0.25) is 0 Å². The zero-order valence-corrected chi connectivity index (χ0v) is 35.9. The van der Waals surface area contributed by atoms with Crippen molar-refractivity contribution in [1.82, 2.24) is 13.7 Å². The van der Waals surface area contributed by atoms with Crippen molar-refractivity contribution in [3.8, 4) is 28.2 Å². The fraction of sp³-hybridized carbons (Fsp3) is 0. The molecule has 3 nitrogen and oxygen atoms in total. The topological polar surface area (TPSA) is 14.8 Å². The van der Waals surface area contributed by atoms with E-state index in [1.807, 2.05) is 0 Å². The van der Waals surface area contributed by atoms with E-state index in [-0.39, 0.29) is 0 Å². The summed E-state index contributed by atoms with van der Waals surface area (Å²) in [5, 5.41) is 13.2. The van der Waals surface area contributed by atoms with E-state index in [1.54, 1.807) is 0 Å². The van der Waals surface area contributed by atoms with E-state index in [2.05, 4.69) is 250 Å². The van der Waals surface area contributed by atoms with Crippen molar-refractivity contribution in [2.45, 2.75) is 0 Å². The first kappa shape index (κ1) is 35.4. The molecule has 4 heterocycles. The summed E-state index contributed by atoms with van der Waals surface area (Å²) >= 11 is 0. The molecule has 4 heteroatoms. The molecule has 0 saturated carbocycles. The lowest BCUT2D eigenvalue weighted by molar-refractivity contribution is 1.16. The van der Waals surface area contributed by atoms with E-state index >= 15 is 0 Å². The number of hydrogen-bond donors (Lipinski definition) is 0. The second-order valence-corrected chi connectivity index (χ2v) is 21.0. The van der Waals surface area contributed by atoms with Gasteiger partial charge < -0.3 is 13.7 Å². The van der Waals surface area contributed by atoms with Crippen molar-refractivity contribution in [3.63, 3.8) is 0 Å². The molecular formula is C60H39N3Si. The molecule has 13 aromatic rings. The minimum atomic E-state index is -2.62. The number of para-hydroxylation sites is 4. The largest absolute Gasteiger partial charge is 0.309 e. The third kappa shape index (κ3) is 4.75. The van der Waals surface area contributed by atoms with Crippen molar-refractivity contribution in [3.05, 3.63) is 237 Å². The zero-order valence-electron chi connectivity index (χ0n) is 34.9. The molecule has 298 valence electrons. The normalized spacial score (nSPS) is 13.1. The molecule has 14 rings (SSSR count). The van der Waals surface area contributed by atoms with Crippen LogP contribution in [0.1, 0.15) is 0 Å². The molecule has 0 radical (unpaired) electrons. The Balaban J connectivity index is 1.02. The van der Waals surface area contributed by atoms with E-state index in [0.717, 1.165) is 17.1 Å². The van der Waals surface area contributed by atoms with Crippen LogP contribution in [0, 0.1) is 0 Å². The van der Waals surface area contributed by atoms with Crippen LogP contribution in [0.15, 0.2) is 237 Å². The summed E-state index contributed by atoms with van der Waals surface area (Å²) in [5.74, 6) is 0. The van der Waals surface area contributed by atoms with Crippen LogP contribution < -0.4 is 20.7 Å². The number of rotatable bonds is 5. The maximum absolute atomic E-state index is 2.62. The van der Waals surface area contributed by atoms with Gasteiger partial charge in [-0.3, -0.25) is 0 Å². The SMILES string of the molecule is c1ccc([Si]2(c3ccc(-n4c5ccc(-n6c7ccccc7c7ccccc76)cc5c5cc(-n6c7ccccc7c7ccccc76)ccc54)cc3)c3ccccc3-c3ccccc32)cc1. The molecule has 10 aromatic carbocycles. The third-order valence-electron chi connectivity index (χ3n) is 14.1. The number of fused-ring (bicyclic) bond motifs is 12. The first-order valence-electron chi connectivity index (χ1n) is 22.2. The molecule has 0 amide bonds. The molecule has 0 unspecified atom stereocenters. The van der Waals surface area contributed by atoms with Gasteiger partial charge in [-0.25, -0.2) is 0 Å². The second kappa shape index (κ2) is 13.4.